The maximum absolute atomic E-state index is 12.0. The zero-order valence-electron chi connectivity index (χ0n) is 12.1. The molecule has 1 N–H and O–H groups in total. The molecule has 0 fully saturated rings. The Morgan fingerprint density at radius 1 is 1.30 bits per heavy atom. The molecular formula is C13H19N2O4S+. The van der Waals surface area contributed by atoms with Crippen molar-refractivity contribution in [3.05, 3.63) is 17.0 Å². The van der Waals surface area contributed by atoms with Gasteiger partial charge in [0.05, 0.1) is 20.6 Å². The molecule has 1 aromatic carbocycles. The highest BCUT2D eigenvalue weighted by Gasteiger charge is 2.30. The molecule has 0 aliphatic carbocycles. The Morgan fingerprint density at radius 3 is 2.50 bits per heavy atom. The summed E-state index contributed by atoms with van der Waals surface area (Å²) >= 11 is 0. The van der Waals surface area contributed by atoms with Crippen LogP contribution in [0.15, 0.2) is 17.0 Å². The minimum Gasteiger partial charge on any atom is -0.493 e. The normalized spacial score (nSPS) is 10.6. The van der Waals surface area contributed by atoms with Gasteiger partial charge in [0.15, 0.2) is 10.6 Å². The largest absolute Gasteiger partial charge is 0.493 e. The Labute approximate surface area is 119 Å². The molecule has 0 bridgehead atoms. The van der Waals surface area contributed by atoms with Gasteiger partial charge < -0.3 is 9.47 Å². The van der Waals surface area contributed by atoms with E-state index in [0.29, 0.717) is 12.2 Å². The number of ether oxygens (including phenoxy) is 2. The quantitative estimate of drug-likeness (QED) is 0.906. The van der Waals surface area contributed by atoms with Gasteiger partial charge >= 0.3 is 5.69 Å². The van der Waals surface area contributed by atoms with Crippen LogP contribution in [0.3, 0.4) is 0 Å². The molecule has 6 nitrogen and oxygen atoms in total. The molecular weight excluding hydrogens is 280 g/mol. The lowest BCUT2D eigenvalue weighted by Crippen LogP contribution is -2.18. The maximum Gasteiger partial charge on any atom is 0.405 e. The van der Waals surface area contributed by atoms with Gasteiger partial charge in [0.2, 0.25) is 10.0 Å². The van der Waals surface area contributed by atoms with Crippen LogP contribution in [-0.4, -0.2) is 29.7 Å². The lowest BCUT2D eigenvalue weighted by Gasteiger charge is -2.07. The van der Waals surface area contributed by atoms with Crippen molar-refractivity contribution < 1.29 is 17.9 Å². The summed E-state index contributed by atoms with van der Waals surface area (Å²) in [5.41, 5.74) is 0.189. The summed E-state index contributed by atoms with van der Waals surface area (Å²) in [6.07, 6.45) is 1.49. The SMILES string of the molecule is CCCC#[N+]c1c(S(=O)(=O)NC)ccc(OC)c1OC. The van der Waals surface area contributed by atoms with Crippen LogP contribution in [0.4, 0.5) is 5.69 Å². The predicted molar refractivity (Wildman–Crippen MR) is 77.6 cm³/mol. The average molecular weight is 299 g/mol. The first-order chi connectivity index (χ1) is 9.51. The fourth-order valence-electron chi connectivity index (χ4n) is 1.57. The zero-order valence-corrected chi connectivity index (χ0v) is 12.9. The second-order valence-electron chi connectivity index (χ2n) is 3.88. The molecule has 0 radical (unpaired) electrons. The molecule has 0 aliphatic heterocycles. The van der Waals surface area contributed by atoms with Gasteiger partial charge in [-0.3, -0.25) is 0 Å². The fraction of sp³-hybridized carbons (Fsp3) is 0.462. The Kier molecular flexibility index (Phi) is 5.80. The molecule has 0 aliphatic rings. The second-order valence-corrected chi connectivity index (χ2v) is 5.73. The highest BCUT2D eigenvalue weighted by Crippen LogP contribution is 2.42. The number of benzene rings is 1. The number of sulfonamides is 1. The zero-order chi connectivity index (χ0) is 15.2. The van der Waals surface area contributed by atoms with E-state index in [1.807, 2.05) is 6.92 Å². The highest BCUT2D eigenvalue weighted by molar-refractivity contribution is 7.89. The third-order valence-corrected chi connectivity index (χ3v) is 4.04. The molecule has 1 aromatic rings. The number of methoxy groups -OCH3 is 2. The number of rotatable bonds is 5. The molecule has 0 unspecified atom stereocenters. The molecule has 20 heavy (non-hydrogen) atoms. The number of hydrogen-bond donors (Lipinski definition) is 1. The Morgan fingerprint density at radius 2 is 2.00 bits per heavy atom. The summed E-state index contributed by atoms with van der Waals surface area (Å²) in [7, 11) is 0.616. The van der Waals surface area contributed by atoms with E-state index < -0.39 is 10.0 Å². The predicted octanol–water partition coefficient (Wildman–Crippen LogP) is 2.38. The molecule has 0 atom stereocenters. The highest BCUT2D eigenvalue weighted by atomic mass is 32.2. The first-order valence-electron chi connectivity index (χ1n) is 6.13. The number of nitrogens with one attached hydrogen (secondary N) is 1. The average Bonchev–Trinajstić information content (AvgIpc) is 2.46. The molecule has 0 heterocycles. The summed E-state index contributed by atoms with van der Waals surface area (Å²) in [4.78, 5) is 4.14. The van der Waals surface area contributed by atoms with Gasteiger partial charge in [-0.15, -0.1) is 0 Å². The van der Waals surface area contributed by atoms with Crippen LogP contribution >= 0.6 is 0 Å². The van der Waals surface area contributed by atoms with Crippen molar-refractivity contribution in [2.24, 2.45) is 0 Å². The molecule has 0 aromatic heterocycles. The molecule has 0 spiro atoms. The summed E-state index contributed by atoms with van der Waals surface area (Å²) in [5.74, 6) is 0.687. The van der Waals surface area contributed by atoms with Crippen molar-refractivity contribution in [3.8, 4) is 17.6 Å². The van der Waals surface area contributed by atoms with Gasteiger partial charge in [0.1, 0.15) is 0 Å². The number of nitrogens with zero attached hydrogens (tertiary/aromatic N) is 1. The first-order valence-corrected chi connectivity index (χ1v) is 7.62. The van der Waals surface area contributed by atoms with E-state index >= 15 is 0 Å². The van der Waals surface area contributed by atoms with E-state index in [2.05, 4.69) is 15.6 Å². The third-order valence-electron chi connectivity index (χ3n) is 2.59. The smallest absolute Gasteiger partial charge is 0.405 e. The van der Waals surface area contributed by atoms with Gasteiger partial charge in [-0.1, -0.05) is 6.92 Å². The van der Waals surface area contributed by atoms with Crippen LogP contribution in [0.25, 0.3) is 4.85 Å². The second kappa shape index (κ2) is 7.12. The standard InChI is InChI=1S/C13H19N2O4S/c1-5-6-9-15-12-11(20(16,17)14-2)8-7-10(18-3)13(12)19-4/h7-8,14H,5-6H2,1-4H3/q+1. The van der Waals surface area contributed by atoms with Gasteiger partial charge in [-0.2, -0.15) is 0 Å². The van der Waals surface area contributed by atoms with Crippen molar-refractivity contribution in [3.63, 3.8) is 0 Å². The van der Waals surface area contributed by atoms with Crippen LogP contribution in [0, 0.1) is 6.07 Å². The third kappa shape index (κ3) is 3.40. The van der Waals surface area contributed by atoms with Gasteiger partial charge in [0.25, 0.3) is 11.8 Å². The lowest BCUT2D eigenvalue weighted by atomic mass is 10.2. The Balaban J connectivity index is 3.58. The Bertz CT molecular complexity index is 630. The van der Waals surface area contributed by atoms with Gasteiger partial charge in [-0.05, 0) is 30.4 Å². The van der Waals surface area contributed by atoms with E-state index in [1.54, 1.807) is 0 Å². The Hall–Kier alpha value is -1.78. The van der Waals surface area contributed by atoms with Crippen molar-refractivity contribution >= 4 is 15.7 Å². The summed E-state index contributed by atoms with van der Waals surface area (Å²) in [6, 6.07) is 5.77. The van der Waals surface area contributed by atoms with Crippen LogP contribution in [0.2, 0.25) is 0 Å². The minimum absolute atomic E-state index is 0.0289. The van der Waals surface area contributed by atoms with Crippen molar-refractivity contribution in [1.82, 2.24) is 4.72 Å². The fourth-order valence-corrected chi connectivity index (χ4v) is 2.43. The molecule has 110 valence electrons. The van der Waals surface area contributed by atoms with Crippen LogP contribution in [0.5, 0.6) is 11.5 Å². The van der Waals surface area contributed by atoms with E-state index in [9.17, 15) is 8.42 Å². The summed E-state index contributed by atoms with van der Waals surface area (Å²) < 4.78 is 36.7. The van der Waals surface area contributed by atoms with Crippen LogP contribution in [0.1, 0.15) is 19.8 Å². The van der Waals surface area contributed by atoms with Gasteiger partial charge in [-0.25, -0.2) is 13.1 Å². The van der Waals surface area contributed by atoms with Gasteiger partial charge in [0, 0.05) is 0 Å². The van der Waals surface area contributed by atoms with E-state index in [0.717, 1.165) is 6.42 Å². The maximum atomic E-state index is 12.0. The summed E-state index contributed by atoms with van der Waals surface area (Å²) in [6.45, 7) is 1.98. The first kappa shape index (κ1) is 16.3. The molecule has 7 heteroatoms. The van der Waals surface area contributed by atoms with Crippen LogP contribution in [-0.2, 0) is 10.0 Å². The number of hydrogen-bond acceptors (Lipinski definition) is 4. The lowest BCUT2D eigenvalue weighted by molar-refractivity contribution is 0.356. The molecule has 0 saturated carbocycles. The minimum atomic E-state index is -3.64. The van der Waals surface area contributed by atoms with E-state index in [-0.39, 0.29) is 16.3 Å². The molecule has 0 amide bonds. The molecule has 1 rings (SSSR count). The van der Waals surface area contributed by atoms with Crippen molar-refractivity contribution in [2.45, 2.75) is 24.7 Å². The topological polar surface area (TPSA) is 69.0 Å². The van der Waals surface area contributed by atoms with Crippen LogP contribution < -0.4 is 14.2 Å². The van der Waals surface area contributed by atoms with E-state index in [4.69, 9.17) is 9.47 Å². The molecule has 0 saturated heterocycles. The summed E-state index contributed by atoms with van der Waals surface area (Å²) in [5, 5.41) is 0. The van der Waals surface area contributed by atoms with Crippen molar-refractivity contribution in [2.75, 3.05) is 21.3 Å². The monoisotopic (exact) mass is 299 g/mol. The van der Waals surface area contributed by atoms with Crippen molar-refractivity contribution in [1.29, 1.82) is 0 Å². The number of unbranched alkanes of at least 4 members (excludes halogenated alkanes) is 1. The van der Waals surface area contributed by atoms with E-state index in [1.165, 1.54) is 33.4 Å².